The van der Waals surface area contributed by atoms with Gasteiger partial charge in [0.15, 0.2) is 0 Å². The van der Waals surface area contributed by atoms with Crippen LogP contribution in [0.4, 0.5) is 4.79 Å². The van der Waals surface area contributed by atoms with E-state index in [1.54, 1.807) is 34.6 Å². The largest absolute Gasteiger partial charge is 0.461 e. The lowest BCUT2D eigenvalue weighted by Crippen LogP contribution is -2.43. The molecule has 0 aliphatic carbocycles. The van der Waals surface area contributed by atoms with Gasteiger partial charge in [-0.15, -0.1) is 0 Å². The number of carbonyl (C=O) groups is 2. The van der Waals surface area contributed by atoms with Crippen LogP contribution >= 0.6 is 0 Å². The van der Waals surface area contributed by atoms with Gasteiger partial charge >= 0.3 is 12.1 Å². The smallest absolute Gasteiger partial charge is 0.408 e. The van der Waals surface area contributed by atoms with Gasteiger partial charge in [-0.3, -0.25) is 0 Å². The molecule has 0 rings (SSSR count). The van der Waals surface area contributed by atoms with E-state index in [-0.39, 0.29) is 6.10 Å². The van der Waals surface area contributed by atoms with Gasteiger partial charge in [-0.05, 0) is 41.0 Å². The van der Waals surface area contributed by atoms with E-state index in [2.05, 4.69) is 5.32 Å². The third-order valence-electron chi connectivity index (χ3n) is 1.98. The van der Waals surface area contributed by atoms with Crippen molar-refractivity contribution in [1.82, 2.24) is 5.32 Å². The number of amides is 1. The average molecular weight is 245 g/mol. The van der Waals surface area contributed by atoms with E-state index < -0.39 is 23.7 Å². The maximum Gasteiger partial charge on any atom is 0.408 e. The van der Waals surface area contributed by atoms with Crippen molar-refractivity contribution in [3.63, 3.8) is 0 Å². The first kappa shape index (κ1) is 15.7. The number of hydrogen-bond donors (Lipinski definition) is 1. The normalized spacial score (nSPS) is 14.7. The van der Waals surface area contributed by atoms with Crippen molar-refractivity contribution in [1.29, 1.82) is 0 Å². The molecular formula is C12H23NO4. The summed E-state index contributed by atoms with van der Waals surface area (Å²) in [6.07, 6.45) is -0.0262. The quantitative estimate of drug-likeness (QED) is 0.771. The van der Waals surface area contributed by atoms with E-state index in [1.165, 1.54) is 0 Å². The third kappa shape index (κ3) is 7.60. The SMILES string of the molecule is CC[C@H](C)OC(=O)[C@H](C)NC(=O)OC(C)(C)C. The predicted molar refractivity (Wildman–Crippen MR) is 64.7 cm³/mol. The summed E-state index contributed by atoms with van der Waals surface area (Å²) in [7, 11) is 0. The van der Waals surface area contributed by atoms with Crippen LogP contribution in [0.1, 0.15) is 48.0 Å². The molecule has 0 bridgehead atoms. The lowest BCUT2D eigenvalue weighted by Gasteiger charge is -2.22. The summed E-state index contributed by atoms with van der Waals surface area (Å²) in [6, 6.07) is -0.709. The van der Waals surface area contributed by atoms with Gasteiger partial charge in [-0.1, -0.05) is 6.92 Å². The molecule has 0 saturated carbocycles. The molecule has 1 N–H and O–H groups in total. The standard InChI is InChI=1S/C12H23NO4/c1-7-8(2)16-10(14)9(3)13-11(15)17-12(4,5)6/h8-9H,7H2,1-6H3,(H,13,15)/t8-,9-/m0/s1. The molecule has 0 unspecified atom stereocenters. The van der Waals surface area contributed by atoms with Gasteiger partial charge in [-0.25, -0.2) is 9.59 Å². The minimum absolute atomic E-state index is 0.148. The third-order valence-corrected chi connectivity index (χ3v) is 1.98. The summed E-state index contributed by atoms with van der Waals surface area (Å²) in [6.45, 7) is 10.6. The van der Waals surface area contributed by atoms with Gasteiger partial charge in [-0.2, -0.15) is 0 Å². The molecule has 0 aliphatic heterocycles. The number of rotatable bonds is 4. The Labute approximate surface area is 103 Å². The van der Waals surface area contributed by atoms with Crippen LogP contribution in [0.5, 0.6) is 0 Å². The first-order chi connectivity index (χ1) is 7.65. The van der Waals surface area contributed by atoms with E-state index in [1.807, 2.05) is 6.92 Å². The van der Waals surface area contributed by atoms with Gasteiger partial charge in [0.2, 0.25) is 0 Å². The number of alkyl carbamates (subject to hydrolysis) is 1. The van der Waals surface area contributed by atoms with Crippen LogP contribution in [0.3, 0.4) is 0 Å². The van der Waals surface area contributed by atoms with E-state index in [9.17, 15) is 9.59 Å². The van der Waals surface area contributed by atoms with Crippen LogP contribution in [0.2, 0.25) is 0 Å². The van der Waals surface area contributed by atoms with Crippen molar-refractivity contribution in [2.24, 2.45) is 0 Å². The van der Waals surface area contributed by atoms with Crippen LogP contribution < -0.4 is 5.32 Å². The second-order valence-corrected chi connectivity index (χ2v) is 5.02. The van der Waals surface area contributed by atoms with Crippen LogP contribution in [0, 0.1) is 0 Å². The van der Waals surface area contributed by atoms with Crippen LogP contribution in [0.15, 0.2) is 0 Å². The predicted octanol–water partition coefficient (Wildman–Crippen LogP) is 2.24. The molecule has 0 aromatic heterocycles. The lowest BCUT2D eigenvalue weighted by molar-refractivity contribution is -0.150. The van der Waals surface area contributed by atoms with Crippen molar-refractivity contribution in [2.75, 3.05) is 0 Å². The monoisotopic (exact) mass is 245 g/mol. The number of ether oxygens (including phenoxy) is 2. The zero-order valence-corrected chi connectivity index (χ0v) is 11.5. The number of nitrogens with one attached hydrogen (secondary N) is 1. The number of hydrogen-bond acceptors (Lipinski definition) is 4. The topological polar surface area (TPSA) is 64.6 Å². The molecule has 5 nitrogen and oxygen atoms in total. The van der Waals surface area contributed by atoms with Crippen LogP contribution in [-0.2, 0) is 14.3 Å². The maximum absolute atomic E-state index is 11.5. The molecule has 0 heterocycles. The van der Waals surface area contributed by atoms with Gasteiger partial charge in [0.25, 0.3) is 0 Å². The second kappa shape index (κ2) is 6.47. The Bertz CT molecular complexity index is 270. The van der Waals surface area contributed by atoms with E-state index >= 15 is 0 Å². The molecule has 0 aliphatic rings. The van der Waals surface area contributed by atoms with Crippen molar-refractivity contribution in [3.8, 4) is 0 Å². The van der Waals surface area contributed by atoms with Gasteiger partial charge in [0.1, 0.15) is 11.6 Å². The van der Waals surface area contributed by atoms with E-state index in [4.69, 9.17) is 9.47 Å². The molecule has 0 fully saturated rings. The highest BCUT2D eigenvalue weighted by Crippen LogP contribution is 2.07. The molecule has 100 valence electrons. The fourth-order valence-corrected chi connectivity index (χ4v) is 0.927. The highest BCUT2D eigenvalue weighted by molar-refractivity contribution is 5.81. The lowest BCUT2D eigenvalue weighted by atomic mass is 10.2. The molecule has 1 amide bonds. The van der Waals surface area contributed by atoms with Crippen molar-refractivity contribution >= 4 is 12.1 Å². The molecule has 5 heteroatoms. The Hall–Kier alpha value is -1.26. The summed E-state index contributed by atoms with van der Waals surface area (Å²) in [4.78, 5) is 22.9. The van der Waals surface area contributed by atoms with Crippen LogP contribution in [-0.4, -0.2) is 29.8 Å². The zero-order valence-electron chi connectivity index (χ0n) is 11.5. The molecule has 0 saturated heterocycles. The summed E-state index contributed by atoms with van der Waals surface area (Å²) < 4.78 is 10.1. The highest BCUT2D eigenvalue weighted by Gasteiger charge is 2.22. The first-order valence-corrected chi connectivity index (χ1v) is 5.85. The molecule has 17 heavy (non-hydrogen) atoms. The number of esters is 1. The van der Waals surface area contributed by atoms with Crippen molar-refractivity contribution in [2.45, 2.75) is 65.7 Å². The highest BCUT2D eigenvalue weighted by atomic mass is 16.6. The Morgan fingerprint density at radius 3 is 2.18 bits per heavy atom. The van der Waals surface area contributed by atoms with Gasteiger partial charge in [0, 0.05) is 0 Å². The van der Waals surface area contributed by atoms with Crippen molar-refractivity contribution < 1.29 is 19.1 Å². The summed E-state index contributed by atoms with van der Waals surface area (Å²) >= 11 is 0. The zero-order chi connectivity index (χ0) is 13.6. The fraction of sp³-hybridized carbons (Fsp3) is 0.833. The molecule has 0 aromatic rings. The molecule has 2 atom stereocenters. The minimum Gasteiger partial charge on any atom is -0.461 e. The van der Waals surface area contributed by atoms with Crippen molar-refractivity contribution in [3.05, 3.63) is 0 Å². The summed E-state index contributed by atoms with van der Waals surface area (Å²) in [5.41, 5.74) is -0.579. The average Bonchev–Trinajstić information content (AvgIpc) is 2.14. The van der Waals surface area contributed by atoms with Gasteiger partial charge in [0.05, 0.1) is 6.10 Å². The molecule has 0 aromatic carbocycles. The van der Waals surface area contributed by atoms with Gasteiger partial charge < -0.3 is 14.8 Å². The number of carbonyl (C=O) groups excluding carboxylic acids is 2. The van der Waals surface area contributed by atoms with Crippen LogP contribution in [0.25, 0.3) is 0 Å². The van der Waals surface area contributed by atoms with E-state index in [0.29, 0.717) is 0 Å². The Balaban J connectivity index is 4.12. The fourth-order valence-electron chi connectivity index (χ4n) is 0.927. The molecule has 0 spiro atoms. The summed E-state index contributed by atoms with van der Waals surface area (Å²) in [5, 5.41) is 2.43. The molecule has 0 radical (unpaired) electrons. The maximum atomic E-state index is 11.5. The Morgan fingerprint density at radius 2 is 1.76 bits per heavy atom. The first-order valence-electron chi connectivity index (χ1n) is 5.85. The molecular weight excluding hydrogens is 222 g/mol. The Morgan fingerprint density at radius 1 is 1.24 bits per heavy atom. The summed E-state index contributed by atoms with van der Waals surface area (Å²) in [5.74, 6) is -0.454. The Kier molecular flexibility index (Phi) is 5.99. The minimum atomic E-state index is -0.709. The second-order valence-electron chi connectivity index (χ2n) is 5.02. The van der Waals surface area contributed by atoms with E-state index in [0.717, 1.165) is 6.42 Å².